The van der Waals surface area contributed by atoms with Crippen molar-refractivity contribution in [3.8, 4) is 11.5 Å². The van der Waals surface area contributed by atoms with Crippen molar-refractivity contribution in [3.63, 3.8) is 0 Å². The number of methoxy groups -OCH3 is 1. The van der Waals surface area contributed by atoms with Crippen molar-refractivity contribution in [2.75, 3.05) is 13.7 Å². The van der Waals surface area contributed by atoms with E-state index in [1.165, 1.54) is 23.2 Å². The lowest BCUT2D eigenvalue weighted by Crippen LogP contribution is -2.25. The van der Waals surface area contributed by atoms with Crippen molar-refractivity contribution in [3.05, 3.63) is 41.2 Å². The van der Waals surface area contributed by atoms with Crippen molar-refractivity contribution in [2.45, 2.75) is 52.2 Å². The standard InChI is InChI=1S/C19H27N3O2/c1-4-22-17-8-6-7-16(15(17)13-21-22)20-12-14-9-10-18(24-5-2)19(11-14)23-3/h9-11,13,16,20H,4-8,12H2,1-3H3. The van der Waals surface area contributed by atoms with Crippen LogP contribution < -0.4 is 14.8 Å². The van der Waals surface area contributed by atoms with E-state index in [1.54, 1.807) is 7.11 Å². The minimum absolute atomic E-state index is 0.381. The Labute approximate surface area is 144 Å². The van der Waals surface area contributed by atoms with Gasteiger partial charge >= 0.3 is 0 Å². The number of aryl methyl sites for hydroxylation is 1. The van der Waals surface area contributed by atoms with Crippen LogP contribution in [-0.4, -0.2) is 23.5 Å². The van der Waals surface area contributed by atoms with E-state index < -0.39 is 0 Å². The molecule has 1 heterocycles. The molecule has 1 atom stereocenters. The predicted octanol–water partition coefficient (Wildman–Crippen LogP) is 3.48. The van der Waals surface area contributed by atoms with Gasteiger partial charge in [-0.1, -0.05) is 6.07 Å². The van der Waals surface area contributed by atoms with Gasteiger partial charge in [0.05, 0.1) is 19.9 Å². The average Bonchev–Trinajstić information content (AvgIpc) is 3.04. The SMILES string of the molecule is CCOc1ccc(CNC2CCCc3c2cnn3CC)cc1OC. The van der Waals surface area contributed by atoms with E-state index >= 15 is 0 Å². The lowest BCUT2D eigenvalue weighted by Gasteiger charge is -2.24. The molecule has 0 bridgehead atoms. The molecule has 0 saturated carbocycles. The highest BCUT2D eigenvalue weighted by atomic mass is 16.5. The molecule has 0 amide bonds. The molecule has 1 aliphatic rings. The fourth-order valence-electron chi connectivity index (χ4n) is 3.44. The Bertz CT molecular complexity index is 681. The fourth-order valence-corrected chi connectivity index (χ4v) is 3.44. The van der Waals surface area contributed by atoms with E-state index in [4.69, 9.17) is 9.47 Å². The molecule has 2 aromatic rings. The van der Waals surface area contributed by atoms with Crippen molar-refractivity contribution in [1.29, 1.82) is 0 Å². The summed E-state index contributed by atoms with van der Waals surface area (Å²) in [5.74, 6) is 1.59. The third-order valence-electron chi connectivity index (χ3n) is 4.64. The van der Waals surface area contributed by atoms with Gasteiger partial charge in [0.25, 0.3) is 0 Å². The largest absolute Gasteiger partial charge is 0.493 e. The molecule has 0 radical (unpaired) electrons. The number of aromatic nitrogens is 2. The lowest BCUT2D eigenvalue weighted by atomic mass is 9.93. The van der Waals surface area contributed by atoms with Gasteiger partial charge in [-0.2, -0.15) is 5.10 Å². The molecule has 0 spiro atoms. The number of rotatable bonds is 7. The number of hydrogen-bond acceptors (Lipinski definition) is 4. The highest BCUT2D eigenvalue weighted by molar-refractivity contribution is 5.43. The number of benzene rings is 1. The molecule has 0 saturated heterocycles. The first-order valence-electron chi connectivity index (χ1n) is 8.84. The molecular formula is C19H27N3O2. The van der Waals surface area contributed by atoms with Crippen molar-refractivity contribution < 1.29 is 9.47 Å². The third kappa shape index (κ3) is 3.41. The molecule has 1 aromatic carbocycles. The number of nitrogens with zero attached hydrogens (tertiary/aromatic N) is 2. The van der Waals surface area contributed by atoms with Crippen LogP contribution in [0.5, 0.6) is 11.5 Å². The Kier molecular flexibility index (Phi) is 5.41. The van der Waals surface area contributed by atoms with Crippen LogP contribution in [0.15, 0.2) is 24.4 Å². The monoisotopic (exact) mass is 329 g/mol. The molecule has 1 aromatic heterocycles. The molecule has 1 N–H and O–H groups in total. The number of fused-ring (bicyclic) bond motifs is 1. The summed E-state index contributed by atoms with van der Waals surface area (Å²) in [6.45, 7) is 6.52. The first-order chi connectivity index (χ1) is 11.8. The number of ether oxygens (including phenoxy) is 2. The second-order valence-corrected chi connectivity index (χ2v) is 6.11. The van der Waals surface area contributed by atoms with Crippen LogP contribution >= 0.6 is 0 Å². The average molecular weight is 329 g/mol. The first kappa shape index (κ1) is 16.8. The molecular weight excluding hydrogens is 302 g/mol. The molecule has 24 heavy (non-hydrogen) atoms. The van der Waals surface area contributed by atoms with Crippen LogP contribution in [0.25, 0.3) is 0 Å². The summed E-state index contributed by atoms with van der Waals surface area (Å²) in [4.78, 5) is 0. The van der Waals surface area contributed by atoms with Gasteiger partial charge in [-0.05, 0) is 50.8 Å². The Morgan fingerprint density at radius 3 is 2.92 bits per heavy atom. The van der Waals surface area contributed by atoms with E-state index in [2.05, 4.69) is 34.2 Å². The summed E-state index contributed by atoms with van der Waals surface area (Å²) >= 11 is 0. The zero-order valence-corrected chi connectivity index (χ0v) is 14.8. The quantitative estimate of drug-likeness (QED) is 0.845. The highest BCUT2D eigenvalue weighted by Crippen LogP contribution is 2.31. The maximum absolute atomic E-state index is 5.58. The lowest BCUT2D eigenvalue weighted by molar-refractivity contribution is 0.310. The first-order valence-corrected chi connectivity index (χ1v) is 8.84. The van der Waals surface area contributed by atoms with E-state index in [-0.39, 0.29) is 0 Å². The van der Waals surface area contributed by atoms with Gasteiger partial charge in [-0.15, -0.1) is 0 Å². The van der Waals surface area contributed by atoms with Gasteiger partial charge in [-0.25, -0.2) is 0 Å². The zero-order chi connectivity index (χ0) is 16.9. The van der Waals surface area contributed by atoms with Crippen LogP contribution in [-0.2, 0) is 19.5 Å². The molecule has 5 heteroatoms. The number of nitrogens with one attached hydrogen (secondary N) is 1. The Balaban J connectivity index is 1.69. The van der Waals surface area contributed by atoms with Crippen LogP contribution in [0, 0.1) is 0 Å². The second-order valence-electron chi connectivity index (χ2n) is 6.11. The fraction of sp³-hybridized carbons (Fsp3) is 0.526. The second kappa shape index (κ2) is 7.71. The summed E-state index contributed by atoms with van der Waals surface area (Å²) in [5.41, 5.74) is 3.96. The Morgan fingerprint density at radius 2 is 2.17 bits per heavy atom. The molecule has 1 aliphatic carbocycles. The summed E-state index contributed by atoms with van der Waals surface area (Å²) in [6.07, 6.45) is 5.55. The van der Waals surface area contributed by atoms with Crippen molar-refractivity contribution >= 4 is 0 Å². The molecule has 5 nitrogen and oxygen atoms in total. The Hall–Kier alpha value is -2.01. The highest BCUT2D eigenvalue weighted by Gasteiger charge is 2.23. The minimum Gasteiger partial charge on any atom is -0.493 e. The van der Waals surface area contributed by atoms with E-state index in [1.807, 2.05) is 19.2 Å². The summed E-state index contributed by atoms with van der Waals surface area (Å²) < 4.78 is 13.1. The maximum atomic E-state index is 5.58. The van der Waals surface area contributed by atoms with Gasteiger partial charge in [0, 0.05) is 30.4 Å². The molecule has 3 rings (SSSR count). The predicted molar refractivity (Wildman–Crippen MR) is 94.6 cm³/mol. The molecule has 0 fully saturated rings. The van der Waals surface area contributed by atoms with Gasteiger partial charge in [0.1, 0.15) is 0 Å². The topological polar surface area (TPSA) is 48.3 Å². The van der Waals surface area contributed by atoms with Gasteiger partial charge in [-0.3, -0.25) is 4.68 Å². The third-order valence-corrected chi connectivity index (χ3v) is 4.64. The van der Waals surface area contributed by atoms with Crippen LogP contribution in [0.3, 0.4) is 0 Å². The van der Waals surface area contributed by atoms with Crippen molar-refractivity contribution in [1.82, 2.24) is 15.1 Å². The summed E-state index contributed by atoms with van der Waals surface area (Å²) in [7, 11) is 1.68. The Morgan fingerprint density at radius 1 is 1.29 bits per heavy atom. The number of hydrogen-bond donors (Lipinski definition) is 1. The summed E-state index contributed by atoms with van der Waals surface area (Å²) in [6, 6.07) is 6.52. The molecule has 1 unspecified atom stereocenters. The normalized spacial score (nSPS) is 16.7. The van der Waals surface area contributed by atoms with Crippen LogP contribution in [0.1, 0.15) is 49.6 Å². The van der Waals surface area contributed by atoms with Crippen LogP contribution in [0.4, 0.5) is 0 Å². The minimum atomic E-state index is 0.381. The summed E-state index contributed by atoms with van der Waals surface area (Å²) in [5, 5.41) is 8.21. The van der Waals surface area contributed by atoms with Gasteiger partial charge in [0.2, 0.25) is 0 Å². The van der Waals surface area contributed by atoms with Crippen molar-refractivity contribution in [2.24, 2.45) is 0 Å². The van der Waals surface area contributed by atoms with E-state index in [0.29, 0.717) is 12.6 Å². The van der Waals surface area contributed by atoms with Gasteiger partial charge in [0.15, 0.2) is 11.5 Å². The maximum Gasteiger partial charge on any atom is 0.161 e. The van der Waals surface area contributed by atoms with E-state index in [0.717, 1.165) is 37.4 Å². The van der Waals surface area contributed by atoms with Crippen LogP contribution in [0.2, 0.25) is 0 Å². The molecule has 0 aliphatic heterocycles. The van der Waals surface area contributed by atoms with Gasteiger partial charge < -0.3 is 14.8 Å². The smallest absolute Gasteiger partial charge is 0.161 e. The van der Waals surface area contributed by atoms with E-state index in [9.17, 15) is 0 Å². The molecule has 130 valence electrons. The zero-order valence-electron chi connectivity index (χ0n) is 14.8.